The van der Waals surface area contributed by atoms with Gasteiger partial charge in [-0.05, 0) is 70.6 Å². The van der Waals surface area contributed by atoms with Gasteiger partial charge in [-0.2, -0.15) is 0 Å². The molecule has 14 nitrogen and oxygen atoms in total. The molecule has 0 aromatic carbocycles. The summed E-state index contributed by atoms with van der Waals surface area (Å²) in [4.78, 5) is 13.2. The molecule has 14 heteroatoms. The standard InChI is InChI=1S/C61H111NO13/c1-3-5-7-9-11-13-15-17-19-20-21-22-23-24-25-26-27-28-29-31-32-34-36-38-40-42-44-50(65)49(62-53(66)45-43-41-39-37-35-33-30-18-16-14-12-10-8-6-4-2)48-72-60-58(71)56(69)59(52(47-64)74-60)75-61-57(70)55(68)54(67)51(46-63)73-61/h18,28-30,34,36,42,44,49-52,54-61,63-65,67-71H,3-17,19-27,31-33,35,37-41,43,45-48H2,1-2H3,(H,62,66)/b29-28+,30-18-,36-34+,44-42+. The van der Waals surface area contributed by atoms with Gasteiger partial charge >= 0.3 is 0 Å². The summed E-state index contributed by atoms with van der Waals surface area (Å²) in [7, 11) is 0. The van der Waals surface area contributed by atoms with E-state index in [0.717, 1.165) is 64.2 Å². The number of rotatable bonds is 48. The number of ether oxygens (including phenoxy) is 4. The predicted molar refractivity (Wildman–Crippen MR) is 300 cm³/mol. The first-order valence-electron chi connectivity index (χ1n) is 30.4. The predicted octanol–water partition coefficient (Wildman–Crippen LogP) is 10.4. The minimum Gasteiger partial charge on any atom is -0.394 e. The van der Waals surface area contributed by atoms with E-state index in [4.69, 9.17) is 18.9 Å². The molecule has 12 unspecified atom stereocenters. The summed E-state index contributed by atoms with van der Waals surface area (Å²) in [5, 5.41) is 87.0. The lowest BCUT2D eigenvalue weighted by atomic mass is 9.97. The Morgan fingerprint density at radius 3 is 1.31 bits per heavy atom. The van der Waals surface area contributed by atoms with Crippen LogP contribution in [0.4, 0.5) is 0 Å². The fourth-order valence-electron chi connectivity index (χ4n) is 9.79. The number of carbonyl (C=O) groups excluding carboxylic acids is 1. The van der Waals surface area contributed by atoms with Crippen LogP contribution in [0.3, 0.4) is 0 Å². The molecule has 1 amide bonds. The normalized spacial score (nSPS) is 25.4. The van der Waals surface area contributed by atoms with Crippen molar-refractivity contribution in [2.45, 2.75) is 312 Å². The molecular formula is C61H111NO13. The van der Waals surface area contributed by atoms with E-state index >= 15 is 0 Å². The van der Waals surface area contributed by atoms with Gasteiger partial charge in [0, 0.05) is 6.42 Å². The molecule has 0 bridgehead atoms. The van der Waals surface area contributed by atoms with Gasteiger partial charge in [0.2, 0.25) is 5.91 Å². The molecule has 9 N–H and O–H groups in total. The maximum absolute atomic E-state index is 13.2. The maximum Gasteiger partial charge on any atom is 0.220 e. The highest BCUT2D eigenvalue weighted by atomic mass is 16.7. The van der Waals surface area contributed by atoms with E-state index < -0.39 is 86.8 Å². The summed E-state index contributed by atoms with van der Waals surface area (Å²) in [5.74, 6) is -0.262. The molecule has 2 saturated heterocycles. The molecule has 2 rings (SSSR count). The number of amides is 1. The molecule has 2 aliphatic heterocycles. The molecule has 2 heterocycles. The Morgan fingerprint density at radius 2 is 0.853 bits per heavy atom. The number of aliphatic hydroxyl groups is 8. The molecular weight excluding hydrogens is 955 g/mol. The summed E-state index contributed by atoms with van der Waals surface area (Å²) in [6.45, 7) is 2.77. The maximum atomic E-state index is 13.2. The average molecular weight is 1070 g/mol. The van der Waals surface area contributed by atoms with Crippen LogP contribution in [0.2, 0.25) is 0 Å². The van der Waals surface area contributed by atoms with Gasteiger partial charge in [0.25, 0.3) is 0 Å². The lowest BCUT2D eigenvalue weighted by molar-refractivity contribution is -0.359. The fraction of sp³-hybridized carbons (Fsp3) is 0.852. The van der Waals surface area contributed by atoms with Gasteiger partial charge in [-0.25, -0.2) is 0 Å². The summed E-state index contributed by atoms with van der Waals surface area (Å²) in [6, 6.07) is -0.943. The summed E-state index contributed by atoms with van der Waals surface area (Å²) in [5.41, 5.74) is 0. The monoisotopic (exact) mass is 1070 g/mol. The number of hydrogen-bond donors (Lipinski definition) is 9. The zero-order valence-electron chi connectivity index (χ0n) is 47.0. The van der Waals surface area contributed by atoms with Crippen molar-refractivity contribution < 1.29 is 64.6 Å². The largest absolute Gasteiger partial charge is 0.394 e. The molecule has 0 aromatic rings. The second-order valence-electron chi connectivity index (χ2n) is 21.5. The van der Waals surface area contributed by atoms with Crippen molar-refractivity contribution in [1.82, 2.24) is 5.32 Å². The van der Waals surface area contributed by atoms with Crippen molar-refractivity contribution in [3.63, 3.8) is 0 Å². The van der Waals surface area contributed by atoms with Crippen molar-refractivity contribution >= 4 is 5.91 Å². The lowest BCUT2D eigenvalue weighted by Gasteiger charge is -2.46. The van der Waals surface area contributed by atoms with E-state index in [2.05, 4.69) is 55.6 Å². The summed E-state index contributed by atoms with van der Waals surface area (Å²) < 4.78 is 22.7. The van der Waals surface area contributed by atoms with E-state index in [9.17, 15) is 45.6 Å². The summed E-state index contributed by atoms with van der Waals surface area (Å²) in [6.07, 6.45) is 41.6. The Kier molecular flexibility index (Phi) is 43.1. The van der Waals surface area contributed by atoms with Gasteiger partial charge in [-0.1, -0.05) is 210 Å². The zero-order chi connectivity index (χ0) is 54.6. The minimum absolute atomic E-state index is 0.259. The first-order valence-corrected chi connectivity index (χ1v) is 30.4. The number of hydrogen-bond acceptors (Lipinski definition) is 13. The third-order valence-electron chi connectivity index (χ3n) is 14.7. The molecule has 0 saturated carbocycles. The Bertz CT molecular complexity index is 1440. The Labute approximate surface area is 454 Å². The number of carbonyl (C=O) groups is 1. The molecule has 2 fully saturated rings. The van der Waals surface area contributed by atoms with Gasteiger partial charge < -0.3 is 65.1 Å². The van der Waals surface area contributed by atoms with Crippen LogP contribution >= 0.6 is 0 Å². The smallest absolute Gasteiger partial charge is 0.220 e. The van der Waals surface area contributed by atoms with Crippen molar-refractivity contribution in [3.8, 4) is 0 Å². The van der Waals surface area contributed by atoms with E-state index in [-0.39, 0.29) is 18.9 Å². The van der Waals surface area contributed by atoms with Gasteiger partial charge in [-0.15, -0.1) is 0 Å². The van der Waals surface area contributed by atoms with E-state index in [0.29, 0.717) is 12.8 Å². The Balaban J connectivity index is 1.77. The second kappa shape index (κ2) is 46.8. The summed E-state index contributed by atoms with van der Waals surface area (Å²) >= 11 is 0. The molecule has 0 radical (unpaired) electrons. The SMILES string of the molecule is CCCCCCCC/C=C\CCCCCCCC(=O)NC(COC1OC(CO)C(OC2OC(CO)C(O)C(O)C2O)C(O)C1O)C(O)/C=C/CC/C=C/CC/C=C/CCCCCCCCCCCCCCCCCC. The number of allylic oxidation sites excluding steroid dienone is 7. The third kappa shape index (κ3) is 32.6. The van der Waals surface area contributed by atoms with Crippen LogP contribution in [0.1, 0.15) is 239 Å². The number of aliphatic hydroxyl groups excluding tert-OH is 8. The van der Waals surface area contributed by atoms with Crippen LogP contribution in [0.5, 0.6) is 0 Å². The zero-order valence-corrected chi connectivity index (χ0v) is 47.0. The van der Waals surface area contributed by atoms with Crippen molar-refractivity contribution in [1.29, 1.82) is 0 Å². The molecule has 438 valence electrons. The van der Waals surface area contributed by atoms with Crippen LogP contribution < -0.4 is 5.32 Å². The topological polar surface area (TPSA) is 228 Å². The van der Waals surface area contributed by atoms with E-state index in [1.54, 1.807) is 6.08 Å². The van der Waals surface area contributed by atoms with E-state index in [1.165, 1.54) is 141 Å². The number of nitrogens with one attached hydrogen (secondary N) is 1. The molecule has 0 aromatic heterocycles. The molecule has 0 spiro atoms. The minimum atomic E-state index is -1.79. The quantitative estimate of drug-likeness (QED) is 0.0204. The fourth-order valence-corrected chi connectivity index (χ4v) is 9.79. The first-order chi connectivity index (χ1) is 36.6. The average Bonchev–Trinajstić information content (AvgIpc) is 3.41. The van der Waals surface area contributed by atoms with Gasteiger partial charge in [0.1, 0.15) is 48.8 Å². The van der Waals surface area contributed by atoms with E-state index in [1.807, 2.05) is 6.08 Å². The van der Waals surface area contributed by atoms with Crippen molar-refractivity contribution in [3.05, 3.63) is 48.6 Å². The van der Waals surface area contributed by atoms with Crippen LogP contribution in [-0.2, 0) is 23.7 Å². The number of unbranched alkanes of at least 4 members (excludes halogenated alkanes) is 29. The second-order valence-corrected chi connectivity index (χ2v) is 21.5. The van der Waals surface area contributed by atoms with Crippen LogP contribution in [0.25, 0.3) is 0 Å². The van der Waals surface area contributed by atoms with Gasteiger partial charge in [0.05, 0.1) is 32.0 Å². The van der Waals surface area contributed by atoms with Gasteiger partial charge in [-0.3, -0.25) is 4.79 Å². The Morgan fingerprint density at radius 1 is 0.467 bits per heavy atom. The van der Waals surface area contributed by atoms with Crippen molar-refractivity contribution in [2.24, 2.45) is 0 Å². The van der Waals surface area contributed by atoms with Crippen molar-refractivity contribution in [2.75, 3.05) is 19.8 Å². The molecule has 12 atom stereocenters. The third-order valence-corrected chi connectivity index (χ3v) is 14.7. The van der Waals surface area contributed by atoms with Gasteiger partial charge in [0.15, 0.2) is 12.6 Å². The highest BCUT2D eigenvalue weighted by Gasteiger charge is 2.51. The lowest BCUT2D eigenvalue weighted by Crippen LogP contribution is -2.65. The van der Waals surface area contributed by atoms with Crippen LogP contribution in [-0.4, -0.2) is 140 Å². The van der Waals surface area contributed by atoms with Crippen LogP contribution in [0, 0.1) is 0 Å². The molecule has 2 aliphatic rings. The molecule has 0 aliphatic carbocycles. The first kappa shape index (κ1) is 69.1. The highest BCUT2D eigenvalue weighted by Crippen LogP contribution is 2.30. The Hall–Kier alpha value is -2.05. The van der Waals surface area contributed by atoms with Crippen LogP contribution in [0.15, 0.2) is 48.6 Å². The highest BCUT2D eigenvalue weighted by molar-refractivity contribution is 5.76. The molecule has 75 heavy (non-hydrogen) atoms.